The van der Waals surface area contributed by atoms with Crippen LogP contribution in [-0.2, 0) is 0 Å². The van der Waals surface area contributed by atoms with Gasteiger partial charge < -0.3 is 30.6 Å². The van der Waals surface area contributed by atoms with Crippen molar-refractivity contribution >= 4 is 33.9 Å². The molecule has 0 bridgehead atoms. The summed E-state index contributed by atoms with van der Waals surface area (Å²) in [6.45, 7) is 12.6. The van der Waals surface area contributed by atoms with E-state index in [1.807, 2.05) is 129 Å². The van der Waals surface area contributed by atoms with Crippen LogP contribution in [0.4, 0.5) is 0 Å². The van der Waals surface area contributed by atoms with Crippen molar-refractivity contribution in [3.8, 4) is 34.5 Å². The first-order valence-electron chi connectivity index (χ1n) is 25.5. The largest absolute Gasteiger partial charge is 0.508 e. The zero-order chi connectivity index (χ0) is 55.4. The third-order valence-electron chi connectivity index (χ3n) is 12.3. The highest BCUT2D eigenvalue weighted by Crippen LogP contribution is 2.39. The van der Waals surface area contributed by atoms with E-state index in [9.17, 15) is 30.0 Å². The highest BCUT2D eigenvalue weighted by molar-refractivity contribution is 6.09. The van der Waals surface area contributed by atoms with Crippen molar-refractivity contribution in [2.24, 2.45) is 17.8 Å². The SMILES string of the molecule is C.C.CC(C)C(=C(c1ccc(O)cc1)c1ccc(O)cc1)c1ccccc1.CC(C)C(=C(c1ccc(O)cc1)c1ccc(O)cc1)c1ccccc1.CC(C)C(=O)c1ccccc1.O=C(c1ccc(O)cc1)c1ccc(O)cc1. The van der Waals surface area contributed by atoms with E-state index in [0.717, 1.165) is 39.0 Å². The third kappa shape index (κ3) is 17.8. The first-order valence-corrected chi connectivity index (χ1v) is 25.5. The molecule has 0 atom stereocenters. The predicted molar refractivity (Wildman–Crippen MR) is 326 cm³/mol. The lowest BCUT2D eigenvalue weighted by Crippen LogP contribution is -2.06. The van der Waals surface area contributed by atoms with Crippen LogP contribution in [0.3, 0.4) is 0 Å². The van der Waals surface area contributed by atoms with Crippen molar-refractivity contribution in [2.75, 3.05) is 0 Å². The zero-order valence-electron chi connectivity index (χ0n) is 44.2. The number of carbonyl (C=O) groups is 2. The summed E-state index contributed by atoms with van der Waals surface area (Å²) < 4.78 is 0. The van der Waals surface area contributed by atoms with Gasteiger partial charge in [0.05, 0.1) is 0 Å². The molecule has 0 aliphatic rings. The highest BCUT2D eigenvalue weighted by Gasteiger charge is 2.19. The molecule has 9 rings (SSSR count). The minimum absolute atomic E-state index is 0. The van der Waals surface area contributed by atoms with Gasteiger partial charge in [-0.1, -0.05) is 196 Å². The molecule has 0 radical (unpaired) electrons. The predicted octanol–water partition coefficient (Wildman–Crippen LogP) is 17.6. The Morgan fingerprint density at radius 3 is 0.658 bits per heavy atom. The fourth-order valence-corrected chi connectivity index (χ4v) is 8.56. The molecule has 8 nitrogen and oxygen atoms in total. The second kappa shape index (κ2) is 30.4. The van der Waals surface area contributed by atoms with Crippen LogP contribution in [0, 0.1) is 17.8 Å². The molecule has 0 saturated carbocycles. The number of hydrogen-bond acceptors (Lipinski definition) is 8. The smallest absolute Gasteiger partial charge is 0.193 e. The van der Waals surface area contributed by atoms with Crippen molar-refractivity contribution in [3.05, 3.63) is 287 Å². The normalized spacial score (nSPS) is 10.2. The van der Waals surface area contributed by atoms with Crippen molar-refractivity contribution in [3.63, 3.8) is 0 Å². The van der Waals surface area contributed by atoms with Gasteiger partial charge in [0, 0.05) is 22.6 Å². The highest BCUT2D eigenvalue weighted by atomic mass is 16.3. The van der Waals surface area contributed by atoms with E-state index < -0.39 is 0 Å². The number of aromatic hydroxyl groups is 6. The summed E-state index contributed by atoms with van der Waals surface area (Å²) in [6.07, 6.45) is 0. The fraction of sp³-hybridized carbons (Fsp3) is 0.155. The number of phenolic OH excluding ortho intramolecular Hbond substituents is 6. The van der Waals surface area contributed by atoms with Crippen LogP contribution >= 0.6 is 0 Å². The summed E-state index contributed by atoms with van der Waals surface area (Å²) in [5, 5.41) is 56.8. The van der Waals surface area contributed by atoms with E-state index in [0.29, 0.717) is 23.0 Å². The average Bonchev–Trinajstić information content (AvgIpc) is 3.48. The first-order chi connectivity index (χ1) is 37.0. The van der Waals surface area contributed by atoms with Crippen LogP contribution in [0.25, 0.3) is 22.3 Å². The van der Waals surface area contributed by atoms with Gasteiger partial charge in [0.1, 0.15) is 34.5 Å². The number of phenols is 6. The number of benzene rings is 9. The molecule has 0 heterocycles. The molecule has 0 amide bonds. The summed E-state index contributed by atoms with van der Waals surface area (Å²) in [5.41, 5.74) is 13.0. The number of hydrogen-bond donors (Lipinski definition) is 6. The van der Waals surface area contributed by atoms with Gasteiger partial charge >= 0.3 is 0 Å². The van der Waals surface area contributed by atoms with Crippen LogP contribution in [-0.4, -0.2) is 42.2 Å². The Bertz CT molecular complexity index is 3030. The zero-order valence-corrected chi connectivity index (χ0v) is 44.2. The lowest BCUT2D eigenvalue weighted by Gasteiger charge is -2.20. The number of carbonyl (C=O) groups excluding carboxylic acids is 2. The van der Waals surface area contributed by atoms with E-state index in [4.69, 9.17) is 10.2 Å². The molecule has 9 aromatic carbocycles. The molecule has 0 spiro atoms. The average molecular weight is 1060 g/mol. The Labute approximate surface area is 467 Å². The van der Waals surface area contributed by atoms with Crippen molar-refractivity contribution in [1.82, 2.24) is 0 Å². The van der Waals surface area contributed by atoms with Gasteiger partial charge in [-0.3, -0.25) is 9.59 Å². The van der Waals surface area contributed by atoms with Crippen molar-refractivity contribution in [1.29, 1.82) is 0 Å². The summed E-state index contributed by atoms with van der Waals surface area (Å²) >= 11 is 0. The monoisotopic (exact) mass is 1050 g/mol. The van der Waals surface area contributed by atoms with Crippen LogP contribution in [0.5, 0.6) is 34.5 Å². The molecule has 0 aliphatic heterocycles. The molecule has 0 aliphatic carbocycles. The van der Waals surface area contributed by atoms with E-state index in [2.05, 4.69) is 52.0 Å². The molecule has 6 N–H and O–H groups in total. The minimum Gasteiger partial charge on any atom is -0.508 e. The second-order valence-corrected chi connectivity index (χ2v) is 19.1. The summed E-state index contributed by atoms with van der Waals surface area (Å²) in [7, 11) is 0. The molecule has 406 valence electrons. The molecule has 8 heteroatoms. The van der Waals surface area contributed by atoms with Crippen LogP contribution in [0.2, 0.25) is 0 Å². The van der Waals surface area contributed by atoms with Crippen molar-refractivity contribution < 1.29 is 40.2 Å². The van der Waals surface area contributed by atoms with Gasteiger partial charge in [0.25, 0.3) is 0 Å². The van der Waals surface area contributed by atoms with Crippen LogP contribution < -0.4 is 0 Å². The fourth-order valence-electron chi connectivity index (χ4n) is 8.56. The molecule has 9 aromatic rings. The van der Waals surface area contributed by atoms with Gasteiger partial charge in [0.2, 0.25) is 0 Å². The van der Waals surface area contributed by atoms with E-state index in [-0.39, 0.29) is 66.8 Å². The maximum Gasteiger partial charge on any atom is 0.193 e. The molecule has 79 heavy (non-hydrogen) atoms. The third-order valence-corrected chi connectivity index (χ3v) is 12.3. The lowest BCUT2D eigenvalue weighted by atomic mass is 9.84. The van der Waals surface area contributed by atoms with Gasteiger partial charge in [-0.2, -0.15) is 0 Å². The summed E-state index contributed by atoms with van der Waals surface area (Å²) in [5.74, 6) is 2.03. The quantitative estimate of drug-likeness (QED) is 0.0522. The Hall–Kier alpha value is -9.40. The number of Topliss-reactive ketones (excluding diaryl/α,β-unsaturated/α-hetero) is 1. The summed E-state index contributed by atoms with van der Waals surface area (Å²) in [6, 6.07) is 71.3. The Kier molecular flexibility index (Phi) is 23.9. The molecule has 0 aromatic heterocycles. The number of allylic oxidation sites excluding steroid dienone is 2. The lowest BCUT2D eigenvalue weighted by molar-refractivity contribution is 0.0938. The first kappa shape index (κ1) is 62.1. The molecule has 0 unspecified atom stereocenters. The van der Waals surface area contributed by atoms with Crippen molar-refractivity contribution in [2.45, 2.75) is 56.4 Å². The van der Waals surface area contributed by atoms with Gasteiger partial charge in [0.15, 0.2) is 11.6 Å². The number of ketones is 2. The van der Waals surface area contributed by atoms with Crippen LogP contribution in [0.15, 0.2) is 237 Å². The maximum atomic E-state index is 11.9. The summed E-state index contributed by atoms with van der Waals surface area (Å²) in [4.78, 5) is 23.3. The number of rotatable bonds is 12. The molecular formula is C71H74O8. The second-order valence-electron chi connectivity index (χ2n) is 19.1. The van der Waals surface area contributed by atoms with E-state index in [1.54, 1.807) is 72.8 Å². The maximum absolute atomic E-state index is 11.9. The molecule has 0 saturated heterocycles. The topological polar surface area (TPSA) is 156 Å². The Morgan fingerprint density at radius 1 is 0.253 bits per heavy atom. The van der Waals surface area contributed by atoms with E-state index in [1.165, 1.54) is 46.5 Å². The van der Waals surface area contributed by atoms with E-state index >= 15 is 0 Å². The van der Waals surface area contributed by atoms with Gasteiger partial charge in [-0.25, -0.2) is 0 Å². The Balaban J connectivity index is 0.000000235. The van der Waals surface area contributed by atoms with Gasteiger partial charge in [-0.15, -0.1) is 0 Å². The minimum atomic E-state index is -0.139. The van der Waals surface area contributed by atoms with Gasteiger partial charge in [-0.05, 0) is 165 Å². The Morgan fingerprint density at radius 2 is 0.456 bits per heavy atom. The van der Waals surface area contributed by atoms with Crippen LogP contribution in [0.1, 0.15) is 116 Å². The standard InChI is InChI=1S/2C23H22O2.C13H10O3.C10H12O.2CH4/c2*1-16(2)22(17-6-4-3-5-7-17)23(18-8-12-20(24)13-9-18)19-10-14-21(25)15-11-19;14-11-5-1-9(2-6-11)13(16)10-3-7-12(15)8-4-10;1-8(2)10(11)9-6-4-3-5-7-9;;/h2*3-16,24-25H,1-2H3;1-8,14-15H;3-8H,1-2H3;2*1H4. The molecule has 0 fully saturated rings. The molecular weight excluding hydrogens is 981 g/mol.